The van der Waals surface area contributed by atoms with Gasteiger partial charge in [-0.1, -0.05) is 12.1 Å². The van der Waals surface area contributed by atoms with E-state index in [1.807, 2.05) is 6.92 Å². The number of nitrogens with zero attached hydrogens (tertiary/aromatic N) is 4. The van der Waals surface area contributed by atoms with Crippen LogP contribution < -0.4 is 5.32 Å². The highest BCUT2D eigenvalue weighted by Crippen LogP contribution is 2.17. The van der Waals surface area contributed by atoms with Gasteiger partial charge in [0.15, 0.2) is 5.69 Å². The van der Waals surface area contributed by atoms with E-state index in [4.69, 9.17) is 0 Å². The fourth-order valence-electron chi connectivity index (χ4n) is 3.25. The average molecular weight is 415 g/mol. The predicted molar refractivity (Wildman–Crippen MR) is 108 cm³/mol. The summed E-state index contributed by atoms with van der Waals surface area (Å²) < 4.78 is 14.7. The predicted octanol–water partition coefficient (Wildman–Crippen LogP) is 1.67. The van der Waals surface area contributed by atoms with Crippen LogP contribution in [0.15, 0.2) is 30.3 Å². The highest BCUT2D eigenvalue weighted by atomic mass is 19.1. The smallest absolute Gasteiger partial charge is 0.272 e. The topological polar surface area (TPSA) is 87.5 Å². The molecule has 0 atom stereocenters. The van der Waals surface area contributed by atoms with Crippen molar-refractivity contribution in [1.82, 2.24) is 24.9 Å². The standard InChI is InChI=1S/C21H26FN5O3/c1-3-25(2)19(28)9-10-23-20(29)17-13-18-21(30)26(11-4-12-27(18)24-17)14-15-5-7-16(22)8-6-15/h5-8,13H,3-4,9-12,14H2,1-2H3,(H,23,29). The number of halogens is 1. The summed E-state index contributed by atoms with van der Waals surface area (Å²) >= 11 is 0. The first-order valence-corrected chi connectivity index (χ1v) is 10.0. The van der Waals surface area contributed by atoms with Crippen LogP contribution in [0.1, 0.15) is 46.3 Å². The average Bonchev–Trinajstić information content (AvgIpc) is 3.11. The number of carbonyl (C=O) groups excluding carboxylic acids is 3. The summed E-state index contributed by atoms with van der Waals surface area (Å²) in [6.07, 6.45) is 0.897. The van der Waals surface area contributed by atoms with Crippen molar-refractivity contribution in [3.05, 3.63) is 53.1 Å². The van der Waals surface area contributed by atoms with E-state index in [-0.39, 0.29) is 36.3 Å². The Kier molecular flexibility index (Phi) is 6.81. The van der Waals surface area contributed by atoms with Crippen molar-refractivity contribution in [2.24, 2.45) is 0 Å². The van der Waals surface area contributed by atoms with Gasteiger partial charge in [-0.05, 0) is 31.0 Å². The van der Waals surface area contributed by atoms with Crippen molar-refractivity contribution in [1.29, 1.82) is 0 Å². The Morgan fingerprint density at radius 3 is 2.67 bits per heavy atom. The number of fused-ring (bicyclic) bond motifs is 1. The van der Waals surface area contributed by atoms with Gasteiger partial charge in [-0.25, -0.2) is 4.39 Å². The summed E-state index contributed by atoms with van der Waals surface area (Å²) in [5, 5.41) is 6.96. The third-order valence-electron chi connectivity index (χ3n) is 5.13. The molecule has 1 N–H and O–H groups in total. The molecule has 2 heterocycles. The molecule has 9 heteroatoms. The van der Waals surface area contributed by atoms with Crippen LogP contribution in [-0.4, -0.2) is 64.0 Å². The number of amides is 3. The van der Waals surface area contributed by atoms with E-state index in [9.17, 15) is 18.8 Å². The Bertz CT molecular complexity index is 925. The maximum Gasteiger partial charge on any atom is 0.272 e. The van der Waals surface area contributed by atoms with Gasteiger partial charge in [0.05, 0.1) is 0 Å². The lowest BCUT2D eigenvalue weighted by molar-refractivity contribution is -0.129. The Balaban J connectivity index is 1.64. The Hall–Kier alpha value is -3.23. The molecule has 30 heavy (non-hydrogen) atoms. The molecule has 1 aromatic carbocycles. The van der Waals surface area contributed by atoms with Crippen molar-refractivity contribution in [2.45, 2.75) is 32.9 Å². The van der Waals surface area contributed by atoms with E-state index in [0.29, 0.717) is 38.3 Å². The molecule has 0 radical (unpaired) electrons. The van der Waals surface area contributed by atoms with E-state index in [0.717, 1.165) is 5.56 Å². The molecule has 0 aliphatic carbocycles. The summed E-state index contributed by atoms with van der Waals surface area (Å²) in [7, 11) is 1.71. The Labute approximate surface area is 174 Å². The third kappa shape index (κ3) is 5.03. The number of hydrogen-bond donors (Lipinski definition) is 1. The first-order valence-electron chi connectivity index (χ1n) is 10.0. The second-order valence-corrected chi connectivity index (χ2v) is 7.26. The van der Waals surface area contributed by atoms with Gasteiger partial charge in [-0.3, -0.25) is 19.1 Å². The van der Waals surface area contributed by atoms with Gasteiger partial charge < -0.3 is 15.1 Å². The number of rotatable bonds is 7. The second kappa shape index (κ2) is 9.51. The normalized spacial score (nSPS) is 13.6. The zero-order valence-electron chi connectivity index (χ0n) is 17.2. The van der Waals surface area contributed by atoms with Crippen molar-refractivity contribution in [3.8, 4) is 0 Å². The van der Waals surface area contributed by atoms with E-state index < -0.39 is 5.91 Å². The number of aromatic nitrogens is 2. The number of hydrogen-bond acceptors (Lipinski definition) is 4. The lowest BCUT2D eigenvalue weighted by Crippen LogP contribution is -2.32. The fourth-order valence-corrected chi connectivity index (χ4v) is 3.25. The van der Waals surface area contributed by atoms with Crippen LogP contribution in [0.25, 0.3) is 0 Å². The lowest BCUT2D eigenvalue weighted by Gasteiger charge is -2.20. The summed E-state index contributed by atoms with van der Waals surface area (Å²) in [4.78, 5) is 40.5. The molecular weight excluding hydrogens is 389 g/mol. The van der Waals surface area contributed by atoms with Crippen molar-refractivity contribution in [3.63, 3.8) is 0 Å². The molecule has 0 bridgehead atoms. The molecule has 8 nitrogen and oxygen atoms in total. The van der Waals surface area contributed by atoms with Gasteiger partial charge in [0.25, 0.3) is 11.8 Å². The lowest BCUT2D eigenvalue weighted by atomic mass is 10.2. The van der Waals surface area contributed by atoms with Crippen LogP contribution in [0.3, 0.4) is 0 Å². The molecular formula is C21H26FN5O3. The minimum Gasteiger partial charge on any atom is -0.350 e. The van der Waals surface area contributed by atoms with Gasteiger partial charge in [0.1, 0.15) is 11.5 Å². The zero-order chi connectivity index (χ0) is 21.7. The molecule has 0 spiro atoms. The van der Waals surface area contributed by atoms with Crippen molar-refractivity contribution >= 4 is 17.7 Å². The van der Waals surface area contributed by atoms with Gasteiger partial charge in [0, 0.05) is 52.3 Å². The highest BCUT2D eigenvalue weighted by molar-refractivity contribution is 5.98. The van der Waals surface area contributed by atoms with Gasteiger partial charge in [-0.15, -0.1) is 0 Å². The molecule has 1 aliphatic heterocycles. The highest BCUT2D eigenvalue weighted by Gasteiger charge is 2.26. The van der Waals surface area contributed by atoms with Crippen LogP contribution in [0.5, 0.6) is 0 Å². The van der Waals surface area contributed by atoms with Crippen LogP contribution in [0.4, 0.5) is 4.39 Å². The number of benzene rings is 1. The summed E-state index contributed by atoms with van der Waals surface area (Å²) in [5.41, 5.74) is 1.33. The van der Waals surface area contributed by atoms with Crippen molar-refractivity contribution in [2.75, 3.05) is 26.7 Å². The molecule has 0 saturated heterocycles. The quantitative estimate of drug-likeness (QED) is 0.745. The first-order chi connectivity index (χ1) is 14.4. The molecule has 3 rings (SSSR count). The minimum absolute atomic E-state index is 0.0509. The van der Waals surface area contributed by atoms with Gasteiger partial charge in [0.2, 0.25) is 5.91 Å². The van der Waals surface area contributed by atoms with Crippen LogP contribution >= 0.6 is 0 Å². The SMILES string of the molecule is CCN(C)C(=O)CCNC(=O)c1cc2n(n1)CCCN(Cc1ccc(F)cc1)C2=O. The molecule has 2 aromatic rings. The minimum atomic E-state index is -0.416. The molecule has 1 aliphatic rings. The largest absolute Gasteiger partial charge is 0.350 e. The molecule has 160 valence electrons. The molecule has 0 saturated carbocycles. The molecule has 3 amide bonds. The third-order valence-corrected chi connectivity index (χ3v) is 5.13. The molecule has 0 unspecified atom stereocenters. The first kappa shape index (κ1) is 21.5. The summed E-state index contributed by atoms with van der Waals surface area (Å²) in [6, 6.07) is 7.53. The summed E-state index contributed by atoms with van der Waals surface area (Å²) in [6.45, 7) is 4.12. The second-order valence-electron chi connectivity index (χ2n) is 7.26. The number of carbonyl (C=O) groups is 3. The monoisotopic (exact) mass is 415 g/mol. The molecule has 1 aromatic heterocycles. The Morgan fingerprint density at radius 1 is 1.23 bits per heavy atom. The van der Waals surface area contributed by atoms with Gasteiger partial charge in [-0.2, -0.15) is 5.10 Å². The maximum absolute atomic E-state index is 13.1. The zero-order valence-corrected chi connectivity index (χ0v) is 17.2. The number of nitrogens with one attached hydrogen (secondary N) is 1. The van der Waals surface area contributed by atoms with Crippen LogP contribution in [-0.2, 0) is 17.9 Å². The van der Waals surface area contributed by atoms with Crippen molar-refractivity contribution < 1.29 is 18.8 Å². The van der Waals surface area contributed by atoms with Crippen LogP contribution in [0.2, 0.25) is 0 Å². The van der Waals surface area contributed by atoms with E-state index in [2.05, 4.69) is 10.4 Å². The molecule has 0 fully saturated rings. The Morgan fingerprint density at radius 2 is 1.97 bits per heavy atom. The van der Waals surface area contributed by atoms with E-state index in [1.54, 1.807) is 33.7 Å². The van der Waals surface area contributed by atoms with Gasteiger partial charge >= 0.3 is 0 Å². The number of aryl methyl sites for hydroxylation is 1. The van der Waals surface area contributed by atoms with Crippen LogP contribution in [0, 0.1) is 5.82 Å². The maximum atomic E-state index is 13.1. The van der Waals surface area contributed by atoms with E-state index >= 15 is 0 Å². The summed E-state index contributed by atoms with van der Waals surface area (Å²) in [5.74, 6) is -1.01. The van der Waals surface area contributed by atoms with E-state index in [1.165, 1.54) is 18.2 Å². The fraction of sp³-hybridized carbons (Fsp3) is 0.429.